The van der Waals surface area contributed by atoms with Crippen LogP contribution >= 0.6 is 0 Å². The van der Waals surface area contributed by atoms with E-state index in [9.17, 15) is 9.18 Å². The van der Waals surface area contributed by atoms with Crippen molar-refractivity contribution in [3.63, 3.8) is 0 Å². The summed E-state index contributed by atoms with van der Waals surface area (Å²) >= 11 is 0. The molecule has 0 unspecified atom stereocenters. The quantitative estimate of drug-likeness (QED) is 0.557. The number of carboxylic acid groups (broad SMARTS) is 1. The van der Waals surface area contributed by atoms with E-state index in [1.807, 2.05) is 0 Å². The first kappa shape index (κ1) is 6.48. The van der Waals surface area contributed by atoms with Gasteiger partial charge in [0.2, 0.25) is 5.67 Å². The highest BCUT2D eigenvalue weighted by molar-refractivity contribution is 5.77. The molecule has 52 valence electrons. The molecule has 0 aromatic rings. The third-order valence-electron chi connectivity index (χ3n) is 1.36. The maximum absolute atomic E-state index is 12.7. The predicted octanol–water partition coefficient (Wildman–Crippen LogP) is 0.200. The lowest BCUT2D eigenvalue weighted by atomic mass is 10.1. The second-order valence-corrected chi connectivity index (χ2v) is 2.07. The van der Waals surface area contributed by atoms with Gasteiger partial charge in [-0.05, 0) is 0 Å². The summed E-state index contributed by atoms with van der Waals surface area (Å²) in [6.45, 7) is -0.0921. The van der Waals surface area contributed by atoms with E-state index < -0.39 is 11.6 Å². The molecule has 0 amide bonds. The number of hydrogen-bond donors (Lipinski definition) is 1. The zero-order valence-corrected chi connectivity index (χ0v) is 4.76. The Kier molecular flexibility index (Phi) is 1.40. The number of carboxylic acids is 1. The Bertz CT molecular complexity index is 128. The van der Waals surface area contributed by atoms with Gasteiger partial charge in [-0.3, -0.25) is 0 Å². The van der Waals surface area contributed by atoms with Crippen LogP contribution in [0.15, 0.2) is 0 Å². The Balaban J connectivity index is 2.61. The van der Waals surface area contributed by atoms with Gasteiger partial charge in [0, 0.05) is 6.42 Å². The van der Waals surface area contributed by atoms with Gasteiger partial charge in [-0.1, -0.05) is 0 Å². The molecule has 0 bridgehead atoms. The maximum Gasteiger partial charge on any atom is 0.344 e. The van der Waals surface area contributed by atoms with Gasteiger partial charge in [-0.25, -0.2) is 9.18 Å². The van der Waals surface area contributed by atoms with Crippen LogP contribution in [0.3, 0.4) is 0 Å². The number of ether oxygens (including phenoxy) is 1. The van der Waals surface area contributed by atoms with Crippen LogP contribution in [0, 0.1) is 0 Å². The molecule has 1 N–H and O–H groups in total. The average molecular weight is 134 g/mol. The summed E-state index contributed by atoms with van der Waals surface area (Å²) in [5.74, 6) is -1.42. The summed E-state index contributed by atoms with van der Waals surface area (Å²) in [5.41, 5.74) is -2.11. The highest BCUT2D eigenvalue weighted by Gasteiger charge is 2.42. The number of alkyl halides is 1. The molecule has 0 aromatic carbocycles. The third-order valence-corrected chi connectivity index (χ3v) is 1.36. The van der Waals surface area contributed by atoms with E-state index in [2.05, 4.69) is 4.74 Å². The largest absolute Gasteiger partial charge is 0.479 e. The van der Waals surface area contributed by atoms with Crippen molar-refractivity contribution in [2.24, 2.45) is 0 Å². The summed E-state index contributed by atoms with van der Waals surface area (Å²) in [4.78, 5) is 10.1. The third kappa shape index (κ3) is 1.03. The molecule has 1 rings (SSSR count). The summed E-state index contributed by atoms with van der Waals surface area (Å²) in [6.07, 6.45) is -0.0255. The van der Waals surface area contributed by atoms with Gasteiger partial charge in [-0.15, -0.1) is 0 Å². The van der Waals surface area contributed by atoms with Crippen molar-refractivity contribution < 1.29 is 19.0 Å². The molecule has 0 aliphatic carbocycles. The summed E-state index contributed by atoms with van der Waals surface area (Å²) in [5, 5.41) is 8.22. The van der Waals surface area contributed by atoms with Gasteiger partial charge in [-0.2, -0.15) is 0 Å². The fraction of sp³-hybridized carbons (Fsp3) is 0.800. The molecule has 1 atom stereocenters. The van der Waals surface area contributed by atoms with E-state index >= 15 is 0 Å². The lowest BCUT2D eigenvalue weighted by Gasteiger charge is -2.08. The first-order chi connectivity index (χ1) is 4.15. The Morgan fingerprint density at radius 3 is 2.67 bits per heavy atom. The molecule has 0 aromatic heterocycles. The van der Waals surface area contributed by atoms with E-state index in [-0.39, 0.29) is 19.6 Å². The van der Waals surface area contributed by atoms with Crippen LogP contribution in [0.5, 0.6) is 0 Å². The van der Waals surface area contributed by atoms with E-state index in [0.717, 1.165) is 0 Å². The van der Waals surface area contributed by atoms with Crippen LogP contribution in [-0.2, 0) is 9.53 Å². The number of rotatable bonds is 1. The number of carbonyl (C=O) groups is 1. The van der Waals surface area contributed by atoms with Crippen LogP contribution in [0.25, 0.3) is 0 Å². The monoisotopic (exact) mass is 134 g/mol. The van der Waals surface area contributed by atoms with Crippen molar-refractivity contribution >= 4 is 5.97 Å². The normalized spacial score (nSPS) is 34.8. The van der Waals surface area contributed by atoms with Crippen molar-refractivity contribution in [2.45, 2.75) is 12.1 Å². The molecule has 9 heavy (non-hydrogen) atoms. The Hall–Kier alpha value is -0.640. The molecule has 3 nitrogen and oxygen atoms in total. The van der Waals surface area contributed by atoms with Crippen LogP contribution in [0.1, 0.15) is 6.42 Å². The number of halogens is 1. The zero-order valence-electron chi connectivity index (χ0n) is 4.76. The van der Waals surface area contributed by atoms with E-state index in [1.165, 1.54) is 0 Å². The fourth-order valence-corrected chi connectivity index (χ4v) is 0.709. The van der Waals surface area contributed by atoms with Crippen molar-refractivity contribution in [3.8, 4) is 0 Å². The minimum absolute atomic E-state index is 0.0255. The molecule has 1 saturated heterocycles. The van der Waals surface area contributed by atoms with Crippen molar-refractivity contribution in [3.05, 3.63) is 0 Å². The molecule has 1 fully saturated rings. The Labute approximate surface area is 51.4 Å². The second-order valence-electron chi connectivity index (χ2n) is 2.07. The SMILES string of the molecule is O=C(O)[C@]1(F)CCOC1. The molecule has 0 radical (unpaired) electrons. The topological polar surface area (TPSA) is 46.5 Å². The maximum atomic E-state index is 12.7. The molecular formula is C5H7FO3. The second kappa shape index (κ2) is 1.95. The predicted molar refractivity (Wildman–Crippen MR) is 26.9 cm³/mol. The summed E-state index contributed by atoms with van der Waals surface area (Å²) < 4.78 is 17.3. The Morgan fingerprint density at radius 1 is 1.78 bits per heavy atom. The van der Waals surface area contributed by atoms with Crippen molar-refractivity contribution in [1.82, 2.24) is 0 Å². The van der Waals surface area contributed by atoms with Crippen LogP contribution < -0.4 is 0 Å². The molecule has 1 aliphatic heterocycles. The van der Waals surface area contributed by atoms with Crippen LogP contribution in [0.2, 0.25) is 0 Å². The summed E-state index contributed by atoms with van der Waals surface area (Å²) in [6, 6.07) is 0. The van der Waals surface area contributed by atoms with Gasteiger partial charge in [0.25, 0.3) is 0 Å². The van der Waals surface area contributed by atoms with Crippen LogP contribution in [-0.4, -0.2) is 30.0 Å². The first-order valence-corrected chi connectivity index (χ1v) is 2.65. The number of hydrogen-bond acceptors (Lipinski definition) is 2. The van der Waals surface area contributed by atoms with Gasteiger partial charge in [0.05, 0.1) is 13.2 Å². The molecule has 1 heterocycles. The fourth-order valence-electron chi connectivity index (χ4n) is 0.709. The molecule has 0 spiro atoms. The number of aliphatic carboxylic acids is 1. The van der Waals surface area contributed by atoms with Gasteiger partial charge in [0.15, 0.2) is 0 Å². The summed E-state index contributed by atoms with van der Waals surface area (Å²) in [7, 11) is 0. The van der Waals surface area contributed by atoms with E-state index in [4.69, 9.17) is 5.11 Å². The van der Waals surface area contributed by atoms with Crippen molar-refractivity contribution in [2.75, 3.05) is 13.2 Å². The highest BCUT2D eigenvalue weighted by Crippen LogP contribution is 2.22. The van der Waals surface area contributed by atoms with E-state index in [0.29, 0.717) is 0 Å². The van der Waals surface area contributed by atoms with Crippen molar-refractivity contribution in [1.29, 1.82) is 0 Å². The highest BCUT2D eigenvalue weighted by atomic mass is 19.1. The first-order valence-electron chi connectivity index (χ1n) is 2.65. The lowest BCUT2D eigenvalue weighted by molar-refractivity contribution is -0.150. The molecular weight excluding hydrogens is 127 g/mol. The van der Waals surface area contributed by atoms with Gasteiger partial charge in [0.1, 0.15) is 0 Å². The molecule has 1 aliphatic rings. The standard InChI is InChI=1S/C5H7FO3/c6-5(4(7)8)1-2-9-3-5/h1-3H2,(H,7,8)/t5-/m0/s1. The lowest BCUT2D eigenvalue weighted by Crippen LogP contribution is -2.33. The van der Waals surface area contributed by atoms with E-state index in [1.54, 1.807) is 0 Å². The van der Waals surface area contributed by atoms with Gasteiger partial charge >= 0.3 is 5.97 Å². The zero-order chi connectivity index (χ0) is 6.91. The minimum atomic E-state index is -2.11. The smallest absolute Gasteiger partial charge is 0.344 e. The van der Waals surface area contributed by atoms with Crippen LogP contribution in [0.4, 0.5) is 4.39 Å². The minimum Gasteiger partial charge on any atom is -0.479 e. The average Bonchev–Trinajstić information content (AvgIpc) is 2.16. The molecule has 4 heteroatoms. The molecule has 0 saturated carbocycles. The Morgan fingerprint density at radius 2 is 2.44 bits per heavy atom. The van der Waals surface area contributed by atoms with Gasteiger partial charge < -0.3 is 9.84 Å².